The summed E-state index contributed by atoms with van der Waals surface area (Å²) >= 11 is 0. The Kier molecular flexibility index (Phi) is 6.19. The minimum atomic E-state index is -0.162. The summed E-state index contributed by atoms with van der Waals surface area (Å²) < 4.78 is 18.3. The molecule has 0 spiro atoms. The zero-order valence-electron chi connectivity index (χ0n) is 25.1. The minimum Gasteiger partial charge on any atom is -0.492 e. The molecule has 6 nitrogen and oxygen atoms in total. The zero-order valence-corrected chi connectivity index (χ0v) is 25.1. The Balaban J connectivity index is 1.16. The van der Waals surface area contributed by atoms with E-state index in [-0.39, 0.29) is 35.7 Å². The number of ether oxygens (including phenoxy) is 3. The molecule has 2 heterocycles. The lowest BCUT2D eigenvalue weighted by Crippen LogP contribution is -2.52. The molecule has 1 N–H and O–H groups in total. The number of fused-ring (bicyclic) bond motifs is 7. The van der Waals surface area contributed by atoms with E-state index in [1.165, 1.54) is 24.0 Å². The number of quaternary nitrogens is 1. The van der Waals surface area contributed by atoms with Crippen LogP contribution in [-0.4, -0.2) is 56.0 Å². The third-order valence-electron chi connectivity index (χ3n) is 12.9. The average molecular weight is 551 g/mol. The van der Waals surface area contributed by atoms with Crippen LogP contribution in [0.25, 0.3) is 0 Å². The number of hydrogen-bond acceptors (Lipinski definition) is 5. The Labute approximate surface area is 239 Å². The monoisotopic (exact) mass is 550 g/mol. The molecule has 40 heavy (non-hydrogen) atoms. The summed E-state index contributed by atoms with van der Waals surface area (Å²) in [6.07, 6.45) is 12.5. The van der Waals surface area contributed by atoms with Gasteiger partial charge in [0.05, 0.1) is 45.8 Å². The highest BCUT2D eigenvalue weighted by Gasteiger charge is 2.60. The highest BCUT2D eigenvalue weighted by molar-refractivity contribution is 5.83. The molecule has 3 fully saturated rings. The van der Waals surface area contributed by atoms with Crippen molar-refractivity contribution in [3.05, 3.63) is 28.8 Å². The zero-order chi connectivity index (χ0) is 28.0. The van der Waals surface area contributed by atoms with Crippen molar-refractivity contribution < 1.29 is 28.6 Å². The molecule has 0 amide bonds. The van der Waals surface area contributed by atoms with Crippen molar-refractivity contribution in [2.75, 3.05) is 34.5 Å². The van der Waals surface area contributed by atoms with E-state index in [0.717, 1.165) is 73.0 Å². The highest BCUT2D eigenvalue weighted by Crippen LogP contribution is 2.66. The van der Waals surface area contributed by atoms with Gasteiger partial charge in [0.15, 0.2) is 11.5 Å². The number of nitrogens with zero attached hydrogens (tertiary/aromatic N) is 1. The Morgan fingerprint density at radius 1 is 1.12 bits per heavy atom. The van der Waals surface area contributed by atoms with Gasteiger partial charge in [0.2, 0.25) is 12.5 Å². The third kappa shape index (κ3) is 3.77. The number of allylic oxidation sites excluding steroid dienone is 1. The van der Waals surface area contributed by atoms with Crippen LogP contribution < -0.4 is 14.2 Å². The summed E-state index contributed by atoms with van der Waals surface area (Å²) in [5, 5.41) is 10.4. The van der Waals surface area contributed by atoms with Crippen molar-refractivity contribution in [1.82, 2.24) is 0 Å². The van der Waals surface area contributed by atoms with Crippen LogP contribution in [0.3, 0.4) is 0 Å². The SMILES string of the molecule is COc1c2c(cc3c1C(CC(=O)C1CCC4C5CC=C6CC(O)CCC6(C)C5CCC14C)[N+](C)(C)CC3)OCO2. The second-order valence-electron chi connectivity index (χ2n) is 15.0. The standard InChI is InChI=1S/C34H48NO5/c1-33-13-10-22(36)17-21(33)6-7-23-24-8-9-26(34(24,2)14-11-25(23)33)28(37)18-27-30-20(12-15-35(27,3)4)16-29-31(32(30)38-5)40-19-39-29/h6,16,22-27,36H,7-15,17-19H2,1-5H3/q+1. The van der Waals surface area contributed by atoms with Crippen molar-refractivity contribution in [3.63, 3.8) is 0 Å². The van der Waals surface area contributed by atoms with Crippen LogP contribution in [0.1, 0.15) is 88.8 Å². The number of likely N-dealkylation sites (N-methyl/N-ethyl adjacent to an activating group) is 1. The van der Waals surface area contributed by atoms with E-state index in [1.807, 2.05) is 0 Å². The molecule has 0 radical (unpaired) electrons. The lowest BCUT2D eigenvalue weighted by atomic mass is 9.47. The summed E-state index contributed by atoms with van der Waals surface area (Å²) in [4.78, 5) is 14.4. The van der Waals surface area contributed by atoms with Gasteiger partial charge in [-0.25, -0.2) is 0 Å². The molecule has 8 atom stereocenters. The molecule has 2 aliphatic heterocycles. The Bertz CT molecular complexity index is 1250. The second-order valence-corrected chi connectivity index (χ2v) is 15.0. The Morgan fingerprint density at radius 2 is 1.95 bits per heavy atom. The maximum absolute atomic E-state index is 14.4. The molecule has 6 aliphatic rings. The number of Topliss-reactive ketones (excluding diaryl/α,β-unsaturated/α-hetero) is 1. The van der Waals surface area contributed by atoms with E-state index in [4.69, 9.17) is 14.2 Å². The molecular weight excluding hydrogens is 502 g/mol. The molecule has 0 bridgehead atoms. The first-order valence-corrected chi connectivity index (χ1v) is 15.8. The first-order valence-electron chi connectivity index (χ1n) is 15.8. The molecule has 0 saturated heterocycles. The third-order valence-corrected chi connectivity index (χ3v) is 12.9. The minimum absolute atomic E-state index is 0.0486. The van der Waals surface area contributed by atoms with Gasteiger partial charge < -0.3 is 23.8 Å². The number of carbonyl (C=O) groups excluding carboxylic acids is 1. The first-order chi connectivity index (χ1) is 19.1. The molecule has 6 heteroatoms. The maximum atomic E-state index is 14.4. The van der Waals surface area contributed by atoms with Crippen molar-refractivity contribution in [3.8, 4) is 17.2 Å². The molecule has 1 aromatic rings. The largest absolute Gasteiger partial charge is 0.492 e. The van der Waals surface area contributed by atoms with Crippen LogP contribution in [0.5, 0.6) is 17.2 Å². The molecule has 3 saturated carbocycles. The van der Waals surface area contributed by atoms with Gasteiger partial charge in [-0.2, -0.15) is 0 Å². The number of rotatable bonds is 4. The lowest BCUT2D eigenvalue weighted by molar-refractivity contribution is -0.922. The second kappa shape index (κ2) is 9.22. The summed E-state index contributed by atoms with van der Waals surface area (Å²) in [5.74, 6) is 4.79. The summed E-state index contributed by atoms with van der Waals surface area (Å²) in [6, 6.07) is 2.17. The van der Waals surface area contributed by atoms with Gasteiger partial charge in [-0.05, 0) is 91.6 Å². The van der Waals surface area contributed by atoms with Crippen LogP contribution in [0.4, 0.5) is 0 Å². The number of hydrogen-bond donors (Lipinski definition) is 1. The fourth-order valence-electron chi connectivity index (χ4n) is 10.6. The molecule has 218 valence electrons. The van der Waals surface area contributed by atoms with Gasteiger partial charge in [-0.1, -0.05) is 25.5 Å². The van der Waals surface area contributed by atoms with Crippen LogP contribution in [0.15, 0.2) is 17.7 Å². The predicted octanol–water partition coefficient (Wildman–Crippen LogP) is 6.00. The molecule has 8 unspecified atom stereocenters. The topological polar surface area (TPSA) is 65.0 Å². The van der Waals surface area contributed by atoms with E-state index in [9.17, 15) is 9.90 Å². The van der Waals surface area contributed by atoms with Gasteiger partial charge in [0.1, 0.15) is 11.8 Å². The highest BCUT2D eigenvalue weighted by atomic mass is 16.7. The Morgan fingerprint density at radius 3 is 2.75 bits per heavy atom. The van der Waals surface area contributed by atoms with Gasteiger partial charge >= 0.3 is 0 Å². The van der Waals surface area contributed by atoms with E-state index in [1.54, 1.807) is 7.11 Å². The quantitative estimate of drug-likeness (QED) is 0.368. The summed E-state index contributed by atoms with van der Waals surface area (Å²) in [7, 11) is 6.25. The van der Waals surface area contributed by atoms with Gasteiger partial charge in [-0.15, -0.1) is 0 Å². The van der Waals surface area contributed by atoms with Crippen molar-refractivity contribution in [2.45, 2.75) is 90.2 Å². The van der Waals surface area contributed by atoms with Gasteiger partial charge in [0.25, 0.3) is 0 Å². The summed E-state index contributed by atoms with van der Waals surface area (Å²) in [5.41, 5.74) is 4.23. The Hall–Kier alpha value is -2.05. The fraction of sp³-hybridized carbons (Fsp3) is 0.735. The number of methoxy groups -OCH3 is 1. The number of aliphatic hydroxyl groups is 1. The van der Waals surface area contributed by atoms with Crippen LogP contribution in [0, 0.1) is 34.5 Å². The molecular formula is C34H48NO5+. The summed E-state index contributed by atoms with van der Waals surface area (Å²) in [6.45, 7) is 6.16. The number of benzene rings is 1. The van der Waals surface area contributed by atoms with Crippen molar-refractivity contribution in [2.24, 2.45) is 34.5 Å². The predicted molar refractivity (Wildman–Crippen MR) is 153 cm³/mol. The average Bonchev–Trinajstić information content (AvgIpc) is 3.53. The maximum Gasteiger partial charge on any atom is 0.231 e. The first kappa shape index (κ1) is 26.8. The van der Waals surface area contributed by atoms with Crippen molar-refractivity contribution >= 4 is 5.78 Å². The number of aliphatic hydroxyl groups excluding tert-OH is 1. The van der Waals surface area contributed by atoms with Crippen LogP contribution in [0.2, 0.25) is 0 Å². The molecule has 7 rings (SSSR count). The van der Waals surface area contributed by atoms with E-state index < -0.39 is 0 Å². The van der Waals surface area contributed by atoms with Crippen molar-refractivity contribution in [1.29, 1.82) is 0 Å². The van der Waals surface area contributed by atoms with Gasteiger partial charge in [-0.3, -0.25) is 4.79 Å². The van der Waals surface area contributed by atoms with E-state index >= 15 is 0 Å². The van der Waals surface area contributed by atoms with E-state index in [2.05, 4.69) is 40.1 Å². The fourth-order valence-corrected chi connectivity index (χ4v) is 10.6. The molecule has 1 aromatic carbocycles. The smallest absolute Gasteiger partial charge is 0.231 e. The molecule has 4 aliphatic carbocycles. The normalized spacial score (nSPS) is 40.8. The molecule has 0 aromatic heterocycles. The van der Waals surface area contributed by atoms with Gasteiger partial charge in [0, 0.05) is 12.3 Å². The lowest BCUT2D eigenvalue weighted by Gasteiger charge is -2.58. The van der Waals surface area contributed by atoms with Crippen LogP contribution in [-0.2, 0) is 11.2 Å². The number of ketones is 1. The van der Waals surface area contributed by atoms with E-state index in [0.29, 0.717) is 35.7 Å². The van der Waals surface area contributed by atoms with Crippen LogP contribution >= 0.6 is 0 Å². The number of carbonyl (C=O) groups is 1.